The number of carbonyl (C=O) groups is 2. The van der Waals surface area contributed by atoms with Crippen molar-refractivity contribution in [3.8, 4) is 0 Å². The Kier molecular flexibility index (Phi) is 3.47. The molecule has 2 aliphatic rings. The predicted octanol–water partition coefficient (Wildman–Crippen LogP) is 1.98. The molecule has 0 spiro atoms. The maximum absolute atomic E-state index is 12.6. The molecule has 2 amide bonds. The highest BCUT2D eigenvalue weighted by atomic mass is 16.2. The molecular formula is C16H20N2O2. The number of hydrogen-bond acceptors (Lipinski definition) is 2. The lowest BCUT2D eigenvalue weighted by atomic mass is 10.1. The topological polar surface area (TPSA) is 40.6 Å². The van der Waals surface area contributed by atoms with Crippen molar-refractivity contribution in [3.05, 3.63) is 29.8 Å². The van der Waals surface area contributed by atoms with Crippen molar-refractivity contribution in [2.75, 3.05) is 18.0 Å². The van der Waals surface area contributed by atoms with E-state index in [1.165, 1.54) is 0 Å². The summed E-state index contributed by atoms with van der Waals surface area (Å²) >= 11 is 0. The van der Waals surface area contributed by atoms with Gasteiger partial charge in [0, 0.05) is 24.8 Å². The number of likely N-dealkylation sites (tertiary alicyclic amines) is 1. The molecule has 0 N–H and O–H groups in total. The molecule has 0 saturated carbocycles. The molecule has 1 aromatic rings. The Labute approximate surface area is 119 Å². The van der Waals surface area contributed by atoms with Crippen LogP contribution >= 0.6 is 0 Å². The number of para-hydroxylation sites is 1. The van der Waals surface area contributed by atoms with Crippen LogP contribution < -0.4 is 4.90 Å². The molecule has 1 atom stereocenters. The van der Waals surface area contributed by atoms with E-state index in [1.54, 1.807) is 9.80 Å². The van der Waals surface area contributed by atoms with Crippen LogP contribution in [0.1, 0.15) is 31.7 Å². The first kappa shape index (κ1) is 13.2. The Balaban J connectivity index is 1.81. The first-order valence-corrected chi connectivity index (χ1v) is 7.39. The van der Waals surface area contributed by atoms with Crippen molar-refractivity contribution in [1.29, 1.82) is 0 Å². The van der Waals surface area contributed by atoms with E-state index in [4.69, 9.17) is 0 Å². The van der Waals surface area contributed by atoms with Gasteiger partial charge in [0.1, 0.15) is 0 Å². The van der Waals surface area contributed by atoms with Gasteiger partial charge in [-0.2, -0.15) is 0 Å². The highest BCUT2D eigenvalue weighted by Crippen LogP contribution is 2.32. The standard InChI is InChI=1S/C16H20N2O2/c1-12-11-13-7-3-4-8-14(13)18(12)16(20)15(19)17-9-5-2-6-10-17/h3-4,7-8,12H,2,5-6,9-11H2,1H3. The number of rotatable bonds is 0. The largest absolute Gasteiger partial charge is 0.334 e. The molecule has 2 aliphatic heterocycles. The lowest BCUT2D eigenvalue weighted by Crippen LogP contribution is -2.48. The fourth-order valence-corrected chi connectivity index (χ4v) is 3.21. The van der Waals surface area contributed by atoms with Gasteiger partial charge in [-0.3, -0.25) is 9.59 Å². The molecule has 0 aromatic heterocycles. The van der Waals surface area contributed by atoms with Gasteiger partial charge in [0.15, 0.2) is 0 Å². The van der Waals surface area contributed by atoms with Crippen molar-refractivity contribution in [2.45, 2.75) is 38.6 Å². The van der Waals surface area contributed by atoms with Gasteiger partial charge >= 0.3 is 11.8 Å². The van der Waals surface area contributed by atoms with Crippen LogP contribution in [0, 0.1) is 0 Å². The Bertz CT molecular complexity index is 535. The molecule has 4 nitrogen and oxygen atoms in total. The number of amides is 2. The van der Waals surface area contributed by atoms with E-state index in [0.717, 1.165) is 36.9 Å². The zero-order valence-corrected chi connectivity index (χ0v) is 11.8. The average molecular weight is 272 g/mol. The van der Waals surface area contributed by atoms with Gasteiger partial charge in [-0.05, 0) is 44.2 Å². The highest BCUT2D eigenvalue weighted by Gasteiger charge is 2.36. The second-order valence-corrected chi connectivity index (χ2v) is 5.71. The summed E-state index contributed by atoms with van der Waals surface area (Å²) in [6.07, 6.45) is 3.99. The quantitative estimate of drug-likeness (QED) is 0.678. The first-order valence-electron chi connectivity index (χ1n) is 7.39. The zero-order valence-electron chi connectivity index (χ0n) is 11.8. The van der Waals surface area contributed by atoms with Crippen LogP contribution in [0.25, 0.3) is 0 Å². The van der Waals surface area contributed by atoms with Gasteiger partial charge in [-0.25, -0.2) is 0 Å². The van der Waals surface area contributed by atoms with Gasteiger partial charge in [-0.1, -0.05) is 18.2 Å². The van der Waals surface area contributed by atoms with E-state index >= 15 is 0 Å². The lowest BCUT2D eigenvalue weighted by Gasteiger charge is -2.29. The minimum atomic E-state index is -0.371. The molecule has 1 aromatic carbocycles. The van der Waals surface area contributed by atoms with E-state index < -0.39 is 0 Å². The van der Waals surface area contributed by atoms with Crippen LogP contribution in [0.3, 0.4) is 0 Å². The zero-order chi connectivity index (χ0) is 14.1. The lowest BCUT2D eigenvalue weighted by molar-refractivity contribution is -0.145. The number of hydrogen-bond donors (Lipinski definition) is 0. The number of fused-ring (bicyclic) bond motifs is 1. The minimum Gasteiger partial charge on any atom is -0.334 e. The van der Waals surface area contributed by atoms with Crippen LogP contribution in [-0.2, 0) is 16.0 Å². The molecule has 0 radical (unpaired) electrons. The van der Waals surface area contributed by atoms with Crippen LogP contribution in [0.4, 0.5) is 5.69 Å². The number of piperidine rings is 1. The van der Waals surface area contributed by atoms with E-state index in [2.05, 4.69) is 0 Å². The van der Waals surface area contributed by atoms with Gasteiger partial charge in [-0.15, -0.1) is 0 Å². The average Bonchev–Trinajstić information content (AvgIpc) is 2.82. The summed E-state index contributed by atoms with van der Waals surface area (Å²) in [6.45, 7) is 3.43. The van der Waals surface area contributed by atoms with E-state index in [-0.39, 0.29) is 17.9 Å². The monoisotopic (exact) mass is 272 g/mol. The third kappa shape index (κ3) is 2.19. The smallest absolute Gasteiger partial charge is 0.316 e. The van der Waals surface area contributed by atoms with Crippen molar-refractivity contribution >= 4 is 17.5 Å². The van der Waals surface area contributed by atoms with E-state index in [1.807, 2.05) is 31.2 Å². The van der Waals surface area contributed by atoms with Crippen LogP contribution in [-0.4, -0.2) is 35.8 Å². The Hall–Kier alpha value is -1.84. The van der Waals surface area contributed by atoms with Gasteiger partial charge in [0.25, 0.3) is 0 Å². The fraction of sp³-hybridized carbons (Fsp3) is 0.500. The summed E-state index contributed by atoms with van der Waals surface area (Å²) < 4.78 is 0. The summed E-state index contributed by atoms with van der Waals surface area (Å²) in [5.41, 5.74) is 2.05. The summed E-state index contributed by atoms with van der Waals surface area (Å²) in [6, 6.07) is 7.92. The Morgan fingerprint density at radius 3 is 2.50 bits per heavy atom. The summed E-state index contributed by atoms with van der Waals surface area (Å²) in [4.78, 5) is 28.3. The fourth-order valence-electron chi connectivity index (χ4n) is 3.21. The molecular weight excluding hydrogens is 252 g/mol. The summed E-state index contributed by atoms with van der Waals surface area (Å²) in [5.74, 6) is -0.711. The highest BCUT2D eigenvalue weighted by molar-refractivity contribution is 6.40. The first-order chi connectivity index (χ1) is 9.68. The van der Waals surface area contributed by atoms with Crippen LogP contribution in [0.15, 0.2) is 24.3 Å². The normalized spacial score (nSPS) is 21.8. The molecule has 0 aliphatic carbocycles. The summed E-state index contributed by atoms with van der Waals surface area (Å²) in [5, 5.41) is 0. The minimum absolute atomic E-state index is 0.0636. The maximum Gasteiger partial charge on any atom is 0.316 e. The van der Waals surface area contributed by atoms with Gasteiger partial charge in [0.05, 0.1) is 0 Å². The van der Waals surface area contributed by atoms with Crippen molar-refractivity contribution < 1.29 is 9.59 Å². The molecule has 1 saturated heterocycles. The van der Waals surface area contributed by atoms with Crippen molar-refractivity contribution in [1.82, 2.24) is 4.90 Å². The molecule has 20 heavy (non-hydrogen) atoms. The molecule has 0 bridgehead atoms. The number of nitrogens with zero attached hydrogens (tertiary/aromatic N) is 2. The maximum atomic E-state index is 12.6. The molecule has 4 heteroatoms. The van der Waals surface area contributed by atoms with Crippen LogP contribution in [0.2, 0.25) is 0 Å². The third-order valence-corrected chi connectivity index (χ3v) is 4.25. The second-order valence-electron chi connectivity index (χ2n) is 5.71. The Morgan fingerprint density at radius 1 is 1.05 bits per heavy atom. The second kappa shape index (κ2) is 5.27. The van der Waals surface area contributed by atoms with Crippen molar-refractivity contribution in [2.24, 2.45) is 0 Å². The van der Waals surface area contributed by atoms with Crippen molar-refractivity contribution in [3.63, 3.8) is 0 Å². The van der Waals surface area contributed by atoms with Crippen LogP contribution in [0.5, 0.6) is 0 Å². The summed E-state index contributed by atoms with van der Waals surface area (Å²) in [7, 11) is 0. The molecule has 3 rings (SSSR count). The predicted molar refractivity (Wildman–Crippen MR) is 77.5 cm³/mol. The number of anilines is 1. The SMILES string of the molecule is CC1Cc2ccccc2N1C(=O)C(=O)N1CCCCC1. The van der Waals surface area contributed by atoms with E-state index in [9.17, 15) is 9.59 Å². The van der Waals surface area contributed by atoms with E-state index in [0.29, 0.717) is 13.1 Å². The molecule has 1 unspecified atom stereocenters. The third-order valence-electron chi connectivity index (χ3n) is 4.25. The van der Waals surface area contributed by atoms with Gasteiger partial charge < -0.3 is 9.80 Å². The number of carbonyl (C=O) groups excluding carboxylic acids is 2. The van der Waals surface area contributed by atoms with Gasteiger partial charge in [0.2, 0.25) is 0 Å². The molecule has 106 valence electrons. The number of benzene rings is 1. The molecule has 2 heterocycles. The Morgan fingerprint density at radius 2 is 1.75 bits per heavy atom. The molecule has 1 fully saturated rings.